The summed E-state index contributed by atoms with van der Waals surface area (Å²) in [5.74, 6) is -0.831. The van der Waals surface area contributed by atoms with Crippen LogP contribution in [0.15, 0.2) is 51.5 Å². The molecule has 9 nitrogen and oxygen atoms in total. The summed E-state index contributed by atoms with van der Waals surface area (Å²) in [4.78, 5) is 15.6. The van der Waals surface area contributed by atoms with Crippen molar-refractivity contribution in [3.63, 3.8) is 0 Å². The first-order chi connectivity index (χ1) is 16.1. The van der Waals surface area contributed by atoms with E-state index in [2.05, 4.69) is 26.1 Å². The molecule has 0 spiro atoms. The summed E-state index contributed by atoms with van der Waals surface area (Å²) >= 11 is 3.38. The molecule has 3 aromatic rings. The summed E-state index contributed by atoms with van der Waals surface area (Å²) in [6, 6.07) is 10.9. The SMILES string of the molecule is CS(=O)(=O)N1CCC(c2ccc(F)cc2)(c2noc(-c3cc(Br)ccc3OCC(=O)O)n2)CC1. The van der Waals surface area contributed by atoms with Crippen LogP contribution in [0, 0.1) is 5.82 Å². The fraction of sp³-hybridized carbons (Fsp3) is 0.318. The minimum atomic E-state index is -3.37. The van der Waals surface area contributed by atoms with E-state index in [0.717, 1.165) is 11.8 Å². The summed E-state index contributed by atoms with van der Waals surface area (Å²) in [6.45, 7) is -0.0651. The van der Waals surface area contributed by atoms with Crippen LogP contribution in [0.25, 0.3) is 11.5 Å². The molecule has 2 heterocycles. The lowest BCUT2D eigenvalue weighted by atomic mass is 9.72. The topological polar surface area (TPSA) is 123 Å². The number of sulfonamides is 1. The molecule has 1 aliphatic heterocycles. The standard InChI is InChI=1S/C22H21BrFN3O6S/c1-34(30,31)27-10-8-22(9-11-27,14-2-5-16(24)6-3-14)21-25-20(33-26-21)17-12-15(23)4-7-18(17)32-13-19(28)29/h2-7,12H,8-11,13H2,1H3,(H,28,29). The van der Waals surface area contributed by atoms with Crippen molar-refractivity contribution in [1.82, 2.24) is 14.4 Å². The van der Waals surface area contributed by atoms with Crippen molar-refractivity contribution in [3.8, 4) is 17.2 Å². The maximum Gasteiger partial charge on any atom is 0.341 e. The Hall–Kier alpha value is -2.83. The molecule has 0 unspecified atom stereocenters. The number of aliphatic carboxylic acids is 1. The molecule has 0 bridgehead atoms. The smallest absolute Gasteiger partial charge is 0.341 e. The van der Waals surface area contributed by atoms with Gasteiger partial charge in [-0.05, 0) is 48.7 Å². The van der Waals surface area contributed by atoms with E-state index in [1.165, 1.54) is 16.4 Å². The molecule has 0 amide bonds. The zero-order chi connectivity index (χ0) is 24.5. The molecule has 1 N–H and O–H groups in total. The van der Waals surface area contributed by atoms with E-state index >= 15 is 0 Å². The predicted molar refractivity (Wildman–Crippen MR) is 123 cm³/mol. The van der Waals surface area contributed by atoms with Crippen molar-refractivity contribution in [2.24, 2.45) is 0 Å². The van der Waals surface area contributed by atoms with E-state index in [0.29, 0.717) is 28.7 Å². The average Bonchev–Trinajstić information content (AvgIpc) is 3.29. The Labute approximate surface area is 203 Å². The maximum absolute atomic E-state index is 13.6. The highest BCUT2D eigenvalue weighted by molar-refractivity contribution is 9.10. The normalized spacial score (nSPS) is 16.3. The van der Waals surface area contributed by atoms with E-state index in [1.807, 2.05) is 0 Å². The van der Waals surface area contributed by atoms with E-state index in [-0.39, 0.29) is 24.7 Å². The molecule has 2 aromatic carbocycles. The zero-order valence-electron chi connectivity index (χ0n) is 18.1. The zero-order valence-corrected chi connectivity index (χ0v) is 20.5. The summed E-state index contributed by atoms with van der Waals surface area (Å²) in [5.41, 5.74) is 0.341. The van der Waals surface area contributed by atoms with Gasteiger partial charge in [-0.3, -0.25) is 0 Å². The first-order valence-electron chi connectivity index (χ1n) is 10.3. The second-order valence-electron chi connectivity index (χ2n) is 8.00. The molecule has 0 radical (unpaired) electrons. The number of piperidine rings is 1. The van der Waals surface area contributed by atoms with Crippen LogP contribution in [0.4, 0.5) is 4.39 Å². The van der Waals surface area contributed by atoms with Gasteiger partial charge in [0.1, 0.15) is 11.6 Å². The fourth-order valence-corrected chi connectivity index (χ4v) is 5.28. The molecule has 1 saturated heterocycles. The lowest BCUT2D eigenvalue weighted by Crippen LogP contribution is -2.45. The van der Waals surface area contributed by atoms with Gasteiger partial charge in [-0.2, -0.15) is 4.98 Å². The third-order valence-corrected chi connectivity index (χ3v) is 7.62. The minimum Gasteiger partial charge on any atom is -0.481 e. The van der Waals surface area contributed by atoms with E-state index in [4.69, 9.17) is 14.4 Å². The number of ether oxygens (including phenoxy) is 1. The molecule has 180 valence electrons. The number of carboxylic acid groups (broad SMARTS) is 1. The average molecular weight is 554 g/mol. The number of nitrogens with zero attached hydrogens (tertiary/aromatic N) is 3. The first kappa shape index (κ1) is 24.3. The van der Waals surface area contributed by atoms with Gasteiger partial charge in [0.25, 0.3) is 5.89 Å². The summed E-state index contributed by atoms with van der Waals surface area (Å²) in [5, 5.41) is 13.2. The highest BCUT2D eigenvalue weighted by atomic mass is 79.9. The number of hydrogen-bond acceptors (Lipinski definition) is 7. The van der Waals surface area contributed by atoms with Crippen LogP contribution in [-0.2, 0) is 20.2 Å². The highest BCUT2D eigenvalue weighted by Crippen LogP contribution is 2.42. The summed E-state index contributed by atoms with van der Waals surface area (Å²) in [6.07, 6.45) is 1.90. The van der Waals surface area contributed by atoms with Gasteiger partial charge >= 0.3 is 5.97 Å². The molecule has 4 rings (SSSR count). The van der Waals surface area contributed by atoms with Crippen LogP contribution >= 0.6 is 15.9 Å². The Morgan fingerprint density at radius 2 is 1.91 bits per heavy atom. The lowest BCUT2D eigenvalue weighted by molar-refractivity contribution is -0.139. The highest BCUT2D eigenvalue weighted by Gasteiger charge is 2.43. The van der Waals surface area contributed by atoms with Crippen LogP contribution < -0.4 is 4.74 Å². The van der Waals surface area contributed by atoms with Gasteiger partial charge in [-0.1, -0.05) is 33.2 Å². The maximum atomic E-state index is 13.6. The monoisotopic (exact) mass is 553 g/mol. The largest absolute Gasteiger partial charge is 0.481 e. The van der Waals surface area contributed by atoms with E-state index < -0.39 is 33.8 Å². The second-order valence-corrected chi connectivity index (χ2v) is 10.9. The van der Waals surface area contributed by atoms with Crippen LogP contribution in [0.2, 0.25) is 0 Å². The molecular weight excluding hydrogens is 533 g/mol. The van der Waals surface area contributed by atoms with Gasteiger partial charge in [0.05, 0.1) is 17.2 Å². The number of carboxylic acids is 1. The van der Waals surface area contributed by atoms with Crippen LogP contribution in [0.5, 0.6) is 5.75 Å². The molecule has 1 aliphatic rings. The number of hydrogen-bond donors (Lipinski definition) is 1. The van der Waals surface area contributed by atoms with E-state index in [1.54, 1.807) is 30.3 Å². The van der Waals surface area contributed by atoms with Crippen molar-refractivity contribution in [2.75, 3.05) is 26.0 Å². The van der Waals surface area contributed by atoms with Gasteiger partial charge < -0.3 is 14.4 Å². The van der Waals surface area contributed by atoms with Gasteiger partial charge in [-0.25, -0.2) is 21.9 Å². The third kappa shape index (κ3) is 4.98. The van der Waals surface area contributed by atoms with E-state index in [9.17, 15) is 17.6 Å². The second kappa shape index (κ2) is 9.43. The quantitative estimate of drug-likeness (QED) is 0.472. The van der Waals surface area contributed by atoms with Crippen molar-refractivity contribution >= 4 is 31.9 Å². The number of rotatable bonds is 7. The Balaban J connectivity index is 1.75. The Morgan fingerprint density at radius 1 is 1.24 bits per heavy atom. The van der Waals surface area contributed by atoms with Crippen molar-refractivity contribution in [2.45, 2.75) is 18.3 Å². The molecule has 1 aromatic heterocycles. The number of halogens is 2. The van der Waals surface area contributed by atoms with Crippen LogP contribution in [0.1, 0.15) is 24.2 Å². The molecule has 34 heavy (non-hydrogen) atoms. The molecule has 1 fully saturated rings. The number of carbonyl (C=O) groups is 1. The molecular formula is C22H21BrFN3O6S. The fourth-order valence-electron chi connectivity index (χ4n) is 4.07. The Morgan fingerprint density at radius 3 is 2.53 bits per heavy atom. The van der Waals surface area contributed by atoms with Gasteiger partial charge in [0, 0.05) is 17.6 Å². The van der Waals surface area contributed by atoms with Crippen LogP contribution in [0.3, 0.4) is 0 Å². The first-order valence-corrected chi connectivity index (χ1v) is 12.9. The minimum absolute atomic E-state index is 0.115. The lowest BCUT2D eigenvalue weighted by Gasteiger charge is -2.39. The molecule has 0 aliphatic carbocycles. The van der Waals surface area contributed by atoms with Gasteiger partial charge in [0.2, 0.25) is 10.0 Å². The molecule has 12 heteroatoms. The van der Waals surface area contributed by atoms with Crippen molar-refractivity contribution < 1.29 is 32.0 Å². The molecule has 0 saturated carbocycles. The van der Waals surface area contributed by atoms with Crippen LogP contribution in [-0.4, -0.2) is 59.9 Å². The summed E-state index contributed by atoms with van der Waals surface area (Å²) in [7, 11) is -3.37. The predicted octanol–water partition coefficient (Wildman–Crippen LogP) is 3.44. The van der Waals surface area contributed by atoms with Crippen molar-refractivity contribution in [1.29, 1.82) is 0 Å². The van der Waals surface area contributed by atoms with Gasteiger partial charge in [-0.15, -0.1) is 0 Å². The Bertz CT molecular complexity index is 1300. The third-order valence-electron chi connectivity index (χ3n) is 5.82. The number of benzene rings is 2. The molecule has 0 atom stereocenters. The van der Waals surface area contributed by atoms with Gasteiger partial charge in [0.15, 0.2) is 12.4 Å². The van der Waals surface area contributed by atoms with Crippen molar-refractivity contribution in [3.05, 3.63) is 64.1 Å². The Kier molecular flexibility index (Phi) is 6.74. The number of aromatic nitrogens is 2. The summed E-state index contributed by atoms with van der Waals surface area (Å²) < 4.78 is 50.8.